The third-order valence-electron chi connectivity index (χ3n) is 3.39. The van der Waals surface area contributed by atoms with E-state index in [0.29, 0.717) is 18.4 Å². The zero-order chi connectivity index (χ0) is 14.5. The van der Waals surface area contributed by atoms with Gasteiger partial charge in [0.2, 0.25) is 10.0 Å². The standard InChI is InChI=1S/C13H21FN2O2S.ClH/c1-3-13(4-2,10-15)16-19(17,18)9-11-5-7-12(14)8-6-11;/h5-8,16H,3-4,9-10,15H2,1-2H3;1H. The molecule has 0 fully saturated rings. The van der Waals surface area contributed by atoms with Gasteiger partial charge in [0, 0.05) is 12.1 Å². The predicted octanol–water partition coefficient (Wildman–Crippen LogP) is 2.18. The summed E-state index contributed by atoms with van der Waals surface area (Å²) in [5, 5.41) is 0. The molecule has 7 heteroatoms. The second kappa shape index (κ2) is 7.93. The maximum absolute atomic E-state index is 12.8. The molecule has 116 valence electrons. The molecule has 0 aliphatic heterocycles. The summed E-state index contributed by atoms with van der Waals surface area (Å²) in [7, 11) is -3.49. The van der Waals surface area contributed by atoms with Crippen LogP contribution in [0, 0.1) is 5.82 Å². The highest BCUT2D eigenvalue weighted by atomic mass is 35.5. The number of nitrogens with one attached hydrogen (secondary N) is 1. The van der Waals surface area contributed by atoms with Crippen LogP contribution in [-0.4, -0.2) is 20.5 Å². The molecule has 20 heavy (non-hydrogen) atoms. The van der Waals surface area contributed by atoms with Gasteiger partial charge in [-0.25, -0.2) is 17.5 Å². The van der Waals surface area contributed by atoms with E-state index in [1.165, 1.54) is 24.3 Å². The van der Waals surface area contributed by atoms with Gasteiger partial charge in [-0.2, -0.15) is 0 Å². The highest BCUT2D eigenvalue weighted by Gasteiger charge is 2.29. The van der Waals surface area contributed by atoms with Crippen molar-refractivity contribution in [3.8, 4) is 0 Å². The first kappa shape index (κ1) is 19.3. The largest absolute Gasteiger partial charge is 0.329 e. The van der Waals surface area contributed by atoms with Crippen molar-refractivity contribution in [1.82, 2.24) is 4.72 Å². The molecule has 0 aliphatic carbocycles. The van der Waals surface area contributed by atoms with Crippen LogP contribution in [0.25, 0.3) is 0 Å². The zero-order valence-corrected chi connectivity index (χ0v) is 13.4. The second-order valence-corrected chi connectivity index (χ2v) is 6.40. The van der Waals surface area contributed by atoms with Crippen LogP contribution in [0.5, 0.6) is 0 Å². The molecular weight excluding hydrogens is 303 g/mol. The van der Waals surface area contributed by atoms with Crippen molar-refractivity contribution in [2.75, 3.05) is 6.54 Å². The van der Waals surface area contributed by atoms with E-state index < -0.39 is 15.6 Å². The van der Waals surface area contributed by atoms with Gasteiger partial charge in [-0.15, -0.1) is 12.4 Å². The topological polar surface area (TPSA) is 72.2 Å². The van der Waals surface area contributed by atoms with Crippen molar-refractivity contribution < 1.29 is 12.8 Å². The first-order chi connectivity index (χ1) is 8.86. The number of hydrogen-bond acceptors (Lipinski definition) is 3. The maximum atomic E-state index is 12.8. The molecule has 0 atom stereocenters. The van der Waals surface area contributed by atoms with Gasteiger partial charge in [-0.05, 0) is 30.5 Å². The lowest BCUT2D eigenvalue weighted by Gasteiger charge is -2.31. The highest BCUT2D eigenvalue weighted by molar-refractivity contribution is 7.88. The van der Waals surface area contributed by atoms with Gasteiger partial charge in [-0.1, -0.05) is 26.0 Å². The molecule has 0 unspecified atom stereocenters. The summed E-state index contributed by atoms with van der Waals surface area (Å²) in [6.07, 6.45) is 1.26. The van der Waals surface area contributed by atoms with Crippen LogP contribution in [-0.2, 0) is 15.8 Å². The molecule has 0 saturated carbocycles. The summed E-state index contributed by atoms with van der Waals surface area (Å²) in [5.74, 6) is -0.554. The lowest BCUT2D eigenvalue weighted by atomic mass is 9.95. The fourth-order valence-electron chi connectivity index (χ4n) is 1.89. The molecule has 0 amide bonds. The SMILES string of the molecule is CCC(CC)(CN)NS(=O)(=O)Cc1ccc(F)cc1.Cl. The summed E-state index contributed by atoms with van der Waals surface area (Å²) >= 11 is 0. The van der Waals surface area contributed by atoms with E-state index in [0.717, 1.165) is 0 Å². The third-order valence-corrected chi connectivity index (χ3v) is 4.84. The van der Waals surface area contributed by atoms with E-state index in [2.05, 4.69) is 4.72 Å². The quantitative estimate of drug-likeness (QED) is 0.807. The molecule has 1 aromatic rings. The van der Waals surface area contributed by atoms with Gasteiger partial charge in [-0.3, -0.25) is 0 Å². The molecule has 0 bridgehead atoms. The summed E-state index contributed by atoms with van der Waals surface area (Å²) in [4.78, 5) is 0. The molecule has 0 aliphatic rings. The molecule has 1 rings (SSSR count). The Bertz CT molecular complexity index is 493. The number of sulfonamides is 1. The summed E-state index contributed by atoms with van der Waals surface area (Å²) in [5.41, 5.74) is 5.62. The molecule has 3 N–H and O–H groups in total. The Hall–Kier alpha value is -0.690. The van der Waals surface area contributed by atoms with Crippen LogP contribution < -0.4 is 10.5 Å². The van der Waals surface area contributed by atoms with Gasteiger partial charge in [0.25, 0.3) is 0 Å². The Kier molecular flexibility index (Phi) is 7.65. The van der Waals surface area contributed by atoms with E-state index in [9.17, 15) is 12.8 Å². The van der Waals surface area contributed by atoms with Crippen LogP contribution in [0.3, 0.4) is 0 Å². The number of halogens is 2. The minimum Gasteiger partial charge on any atom is -0.329 e. The lowest BCUT2D eigenvalue weighted by Crippen LogP contribution is -2.53. The predicted molar refractivity (Wildman–Crippen MR) is 81.8 cm³/mol. The van der Waals surface area contributed by atoms with Crippen molar-refractivity contribution in [3.63, 3.8) is 0 Å². The molecule has 0 heterocycles. The van der Waals surface area contributed by atoms with Crippen molar-refractivity contribution in [1.29, 1.82) is 0 Å². The number of rotatable bonds is 7. The molecule has 4 nitrogen and oxygen atoms in total. The number of benzene rings is 1. The summed E-state index contributed by atoms with van der Waals surface area (Å²) < 4.78 is 39.7. The van der Waals surface area contributed by atoms with Crippen molar-refractivity contribution >= 4 is 22.4 Å². The minimum atomic E-state index is -3.49. The van der Waals surface area contributed by atoms with Gasteiger partial charge in [0.15, 0.2) is 0 Å². The van der Waals surface area contributed by atoms with E-state index in [4.69, 9.17) is 5.73 Å². The Morgan fingerprint density at radius 2 is 1.70 bits per heavy atom. The molecular formula is C13H22ClFN2O2S. The lowest BCUT2D eigenvalue weighted by molar-refractivity contribution is 0.363. The van der Waals surface area contributed by atoms with Crippen LogP contribution >= 0.6 is 12.4 Å². The first-order valence-electron chi connectivity index (χ1n) is 6.32. The van der Waals surface area contributed by atoms with Crippen LogP contribution in [0.1, 0.15) is 32.3 Å². The van der Waals surface area contributed by atoms with E-state index >= 15 is 0 Å². The Balaban J connectivity index is 0.00000361. The fraction of sp³-hybridized carbons (Fsp3) is 0.538. The van der Waals surface area contributed by atoms with E-state index in [1.54, 1.807) is 0 Å². The highest BCUT2D eigenvalue weighted by Crippen LogP contribution is 2.16. The fourth-order valence-corrected chi connectivity index (χ4v) is 3.63. The van der Waals surface area contributed by atoms with Crippen LogP contribution in [0.2, 0.25) is 0 Å². The van der Waals surface area contributed by atoms with Crippen molar-refractivity contribution in [2.24, 2.45) is 5.73 Å². The molecule has 0 radical (unpaired) electrons. The maximum Gasteiger partial charge on any atom is 0.216 e. The third kappa shape index (κ3) is 5.36. The Labute approximate surface area is 126 Å². The first-order valence-corrected chi connectivity index (χ1v) is 7.98. The zero-order valence-electron chi connectivity index (χ0n) is 11.7. The van der Waals surface area contributed by atoms with Gasteiger partial charge in [0.1, 0.15) is 5.82 Å². The second-order valence-electron chi connectivity index (χ2n) is 4.68. The van der Waals surface area contributed by atoms with Gasteiger partial charge >= 0.3 is 0 Å². The van der Waals surface area contributed by atoms with Crippen molar-refractivity contribution in [3.05, 3.63) is 35.6 Å². The monoisotopic (exact) mass is 324 g/mol. The average Bonchev–Trinajstić information content (AvgIpc) is 2.39. The molecule has 0 saturated heterocycles. The summed E-state index contributed by atoms with van der Waals surface area (Å²) in [6, 6.07) is 5.44. The molecule has 0 spiro atoms. The number of nitrogens with two attached hydrogens (primary N) is 1. The smallest absolute Gasteiger partial charge is 0.216 e. The van der Waals surface area contributed by atoms with Gasteiger partial charge < -0.3 is 5.73 Å². The molecule has 0 aromatic heterocycles. The Morgan fingerprint density at radius 3 is 2.10 bits per heavy atom. The van der Waals surface area contributed by atoms with E-state index in [-0.39, 0.29) is 30.5 Å². The van der Waals surface area contributed by atoms with Crippen LogP contribution in [0.15, 0.2) is 24.3 Å². The van der Waals surface area contributed by atoms with Crippen molar-refractivity contribution in [2.45, 2.75) is 38.0 Å². The normalized spacial score (nSPS) is 12.0. The van der Waals surface area contributed by atoms with Gasteiger partial charge in [0.05, 0.1) is 5.75 Å². The minimum absolute atomic E-state index is 0. The Morgan fingerprint density at radius 1 is 1.20 bits per heavy atom. The number of hydrogen-bond donors (Lipinski definition) is 2. The van der Waals surface area contributed by atoms with E-state index in [1.807, 2.05) is 13.8 Å². The summed E-state index contributed by atoms with van der Waals surface area (Å²) in [6.45, 7) is 4.05. The molecule has 1 aromatic carbocycles. The average molecular weight is 325 g/mol. The van der Waals surface area contributed by atoms with Crippen LogP contribution in [0.4, 0.5) is 4.39 Å².